The third-order valence-electron chi connectivity index (χ3n) is 1.38. The minimum absolute atomic E-state index is 0.290. The first-order chi connectivity index (χ1) is 6.54. The van der Waals surface area contributed by atoms with E-state index in [4.69, 9.17) is 0 Å². The van der Waals surface area contributed by atoms with Crippen LogP contribution in [0, 0.1) is 0 Å². The third kappa shape index (κ3) is 2.72. The van der Waals surface area contributed by atoms with Gasteiger partial charge in [-0.1, -0.05) is 6.08 Å². The quantitative estimate of drug-likeness (QED) is 0.764. The van der Waals surface area contributed by atoms with E-state index in [1.54, 1.807) is 6.08 Å². The Bertz CT molecular complexity index is 305. The smallest absolute Gasteiger partial charge is 0.365 e. The molecule has 1 heterocycles. The lowest BCUT2D eigenvalue weighted by Crippen LogP contribution is -2.10. The summed E-state index contributed by atoms with van der Waals surface area (Å²) in [5.74, 6) is 0.290. The molecule has 0 spiro atoms. The molecule has 0 aliphatic heterocycles. The lowest BCUT2D eigenvalue weighted by molar-refractivity contribution is -0.141. The van der Waals surface area contributed by atoms with Crippen LogP contribution in [-0.4, -0.2) is 16.7 Å². The monoisotopic (exact) mass is 203 g/mol. The van der Waals surface area contributed by atoms with Crippen LogP contribution in [0.15, 0.2) is 24.8 Å². The molecule has 6 heteroatoms. The lowest BCUT2D eigenvalue weighted by atomic mass is 10.4. The molecule has 0 saturated carbocycles. The van der Waals surface area contributed by atoms with Crippen molar-refractivity contribution in [1.29, 1.82) is 0 Å². The van der Waals surface area contributed by atoms with Crippen molar-refractivity contribution < 1.29 is 13.2 Å². The summed E-state index contributed by atoms with van der Waals surface area (Å²) < 4.78 is 36.1. The summed E-state index contributed by atoms with van der Waals surface area (Å²) in [6.45, 7) is 3.87. The van der Waals surface area contributed by atoms with Crippen molar-refractivity contribution in [3.8, 4) is 0 Å². The van der Waals surface area contributed by atoms with E-state index in [0.29, 0.717) is 6.54 Å². The first-order valence-electron chi connectivity index (χ1n) is 3.79. The number of nitrogens with zero attached hydrogens (tertiary/aromatic N) is 2. The Balaban J connectivity index is 2.73. The summed E-state index contributed by atoms with van der Waals surface area (Å²) in [6.07, 6.45) is -2.87. The zero-order chi connectivity index (χ0) is 10.6. The molecule has 0 bridgehead atoms. The topological polar surface area (TPSA) is 37.8 Å². The van der Waals surface area contributed by atoms with E-state index >= 15 is 0 Å². The number of nitrogens with one attached hydrogen (secondary N) is 1. The maximum Gasteiger partial charge on any atom is 0.435 e. The Hall–Kier alpha value is -1.59. The molecule has 0 saturated heterocycles. The van der Waals surface area contributed by atoms with Gasteiger partial charge in [-0.15, -0.1) is 16.8 Å². The third-order valence-corrected chi connectivity index (χ3v) is 1.38. The van der Waals surface area contributed by atoms with Crippen molar-refractivity contribution in [1.82, 2.24) is 10.2 Å². The largest absolute Gasteiger partial charge is 0.435 e. The molecule has 1 rings (SSSR count). The van der Waals surface area contributed by atoms with Gasteiger partial charge in [-0.2, -0.15) is 13.2 Å². The molecule has 0 amide bonds. The van der Waals surface area contributed by atoms with Crippen molar-refractivity contribution in [2.45, 2.75) is 6.18 Å². The number of anilines is 1. The number of halogens is 3. The normalized spacial score (nSPS) is 11.1. The van der Waals surface area contributed by atoms with Gasteiger partial charge in [0.25, 0.3) is 0 Å². The average molecular weight is 203 g/mol. The predicted molar refractivity (Wildman–Crippen MR) is 45.7 cm³/mol. The van der Waals surface area contributed by atoms with E-state index in [-0.39, 0.29) is 5.82 Å². The predicted octanol–water partition coefficient (Wildman–Crippen LogP) is 2.09. The van der Waals surface area contributed by atoms with Crippen LogP contribution in [0.3, 0.4) is 0 Å². The molecule has 14 heavy (non-hydrogen) atoms. The van der Waals surface area contributed by atoms with Crippen LogP contribution < -0.4 is 5.32 Å². The summed E-state index contributed by atoms with van der Waals surface area (Å²) in [5, 5.41) is 9.10. The average Bonchev–Trinajstić information content (AvgIpc) is 2.14. The Labute approximate surface area is 78.7 Å². The summed E-state index contributed by atoms with van der Waals surface area (Å²) in [7, 11) is 0. The minimum atomic E-state index is -4.44. The minimum Gasteiger partial charge on any atom is -0.365 e. The maximum absolute atomic E-state index is 12.0. The Morgan fingerprint density at radius 3 is 2.50 bits per heavy atom. The summed E-state index contributed by atoms with van der Waals surface area (Å²) in [5.41, 5.74) is -0.998. The van der Waals surface area contributed by atoms with E-state index in [1.807, 2.05) is 0 Å². The van der Waals surface area contributed by atoms with Crippen LogP contribution in [0.5, 0.6) is 0 Å². The van der Waals surface area contributed by atoms with Gasteiger partial charge in [0.1, 0.15) is 5.82 Å². The van der Waals surface area contributed by atoms with Gasteiger partial charge in [0.05, 0.1) is 0 Å². The highest BCUT2D eigenvalue weighted by molar-refractivity contribution is 5.33. The highest BCUT2D eigenvalue weighted by atomic mass is 19.4. The van der Waals surface area contributed by atoms with Gasteiger partial charge in [0.15, 0.2) is 5.69 Å². The second-order valence-electron chi connectivity index (χ2n) is 2.47. The molecule has 0 aromatic carbocycles. The number of hydrogen-bond donors (Lipinski definition) is 1. The first-order valence-corrected chi connectivity index (χ1v) is 3.79. The molecule has 0 aliphatic rings. The summed E-state index contributed by atoms with van der Waals surface area (Å²) in [4.78, 5) is 0. The van der Waals surface area contributed by atoms with E-state index in [0.717, 1.165) is 6.07 Å². The van der Waals surface area contributed by atoms with Crippen LogP contribution in [0.2, 0.25) is 0 Å². The van der Waals surface area contributed by atoms with Crippen LogP contribution in [0.25, 0.3) is 0 Å². The molecule has 0 unspecified atom stereocenters. The molecule has 1 aromatic rings. The zero-order valence-corrected chi connectivity index (χ0v) is 7.17. The number of rotatable bonds is 3. The van der Waals surface area contributed by atoms with Gasteiger partial charge in [-0.25, -0.2) is 0 Å². The molecular formula is C8H8F3N3. The van der Waals surface area contributed by atoms with Crippen LogP contribution in [0.1, 0.15) is 5.69 Å². The van der Waals surface area contributed by atoms with Gasteiger partial charge in [0, 0.05) is 6.54 Å². The Morgan fingerprint density at radius 1 is 1.36 bits per heavy atom. The number of hydrogen-bond acceptors (Lipinski definition) is 3. The molecule has 76 valence electrons. The van der Waals surface area contributed by atoms with Crippen molar-refractivity contribution in [3.05, 3.63) is 30.5 Å². The lowest BCUT2D eigenvalue weighted by Gasteiger charge is -2.05. The van der Waals surface area contributed by atoms with Crippen molar-refractivity contribution >= 4 is 5.82 Å². The van der Waals surface area contributed by atoms with Crippen molar-refractivity contribution in [3.63, 3.8) is 0 Å². The molecule has 0 atom stereocenters. The fourth-order valence-electron chi connectivity index (χ4n) is 0.754. The first kappa shape index (κ1) is 10.5. The van der Waals surface area contributed by atoms with E-state index < -0.39 is 11.9 Å². The van der Waals surface area contributed by atoms with Crippen LogP contribution in [0.4, 0.5) is 19.0 Å². The van der Waals surface area contributed by atoms with Gasteiger partial charge in [-0.05, 0) is 12.1 Å². The molecule has 0 radical (unpaired) electrons. The Morgan fingerprint density at radius 2 is 2.07 bits per heavy atom. The van der Waals surface area contributed by atoms with E-state index in [9.17, 15) is 13.2 Å². The highest BCUT2D eigenvalue weighted by Gasteiger charge is 2.32. The fraction of sp³-hybridized carbons (Fsp3) is 0.250. The van der Waals surface area contributed by atoms with Gasteiger partial charge in [0.2, 0.25) is 0 Å². The standard InChI is InChI=1S/C8H8F3N3/c1-2-5-12-7-4-3-6(13-14-7)8(9,10)11/h2-4H,1,5H2,(H,12,14). The van der Waals surface area contributed by atoms with Crippen LogP contribution in [-0.2, 0) is 6.18 Å². The molecule has 0 fully saturated rings. The molecule has 0 aliphatic carbocycles. The molecular weight excluding hydrogens is 195 g/mol. The molecule has 1 aromatic heterocycles. The maximum atomic E-state index is 12.0. The van der Waals surface area contributed by atoms with E-state index in [1.165, 1.54) is 6.07 Å². The molecule has 1 N–H and O–H groups in total. The highest BCUT2D eigenvalue weighted by Crippen LogP contribution is 2.26. The number of alkyl halides is 3. The van der Waals surface area contributed by atoms with Crippen molar-refractivity contribution in [2.75, 3.05) is 11.9 Å². The van der Waals surface area contributed by atoms with Gasteiger partial charge >= 0.3 is 6.18 Å². The van der Waals surface area contributed by atoms with Gasteiger partial charge in [-0.3, -0.25) is 0 Å². The van der Waals surface area contributed by atoms with Crippen LogP contribution >= 0.6 is 0 Å². The Kier molecular flexibility index (Phi) is 3.06. The van der Waals surface area contributed by atoms with E-state index in [2.05, 4.69) is 22.1 Å². The van der Waals surface area contributed by atoms with Crippen molar-refractivity contribution in [2.24, 2.45) is 0 Å². The summed E-state index contributed by atoms with van der Waals surface area (Å²) >= 11 is 0. The number of aromatic nitrogens is 2. The second kappa shape index (κ2) is 4.08. The molecule has 3 nitrogen and oxygen atoms in total. The fourth-order valence-corrected chi connectivity index (χ4v) is 0.754. The summed E-state index contributed by atoms with van der Waals surface area (Å²) in [6, 6.07) is 2.09. The zero-order valence-electron chi connectivity index (χ0n) is 7.17. The second-order valence-corrected chi connectivity index (χ2v) is 2.47. The SMILES string of the molecule is C=CCNc1ccc(C(F)(F)F)nn1. The van der Waals surface area contributed by atoms with Gasteiger partial charge < -0.3 is 5.32 Å².